The van der Waals surface area contributed by atoms with Crippen LogP contribution in [0.25, 0.3) is 0 Å². The molecule has 1 aliphatic carbocycles. The van der Waals surface area contributed by atoms with Crippen molar-refractivity contribution in [1.82, 2.24) is 5.32 Å². The van der Waals surface area contributed by atoms with Crippen LogP contribution in [0.2, 0.25) is 0 Å². The van der Waals surface area contributed by atoms with Gasteiger partial charge in [0.1, 0.15) is 5.82 Å². The Hall–Kier alpha value is -1.86. The molecule has 1 aromatic rings. The molecule has 0 radical (unpaired) electrons. The van der Waals surface area contributed by atoms with Gasteiger partial charge in [-0.3, -0.25) is 4.79 Å². The van der Waals surface area contributed by atoms with Crippen LogP contribution in [-0.4, -0.2) is 18.5 Å². The molecule has 2 rings (SSSR count). The van der Waals surface area contributed by atoms with Gasteiger partial charge in [0.15, 0.2) is 0 Å². The molecule has 1 unspecified atom stereocenters. The van der Waals surface area contributed by atoms with Gasteiger partial charge < -0.3 is 11.1 Å². The van der Waals surface area contributed by atoms with Crippen LogP contribution in [0, 0.1) is 23.6 Å². The summed E-state index contributed by atoms with van der Waals surface area (Å²) < 4.78 is 13.8. The van der Waals surface area contributed by atoms with E-state index in [1.165, 1.54) is 25.0 Å². The first-order valence-corrected chi connectivity index (χ1v) is 6.89. The SMILES string of the molecule is CC(CC1CC1)NC(=O)c1ccc(C#CCN)c(F)c1. The summed E-state index contributed by atoms with van der Waals surface area (Å²) in [6.07, 6.45) is 3.50. The second kappa shape index (κ2) is 6.53. The number of hydrogen-bond acceptors (Lipinski definition) is 2. The maximum Gasteiger partial charge on any atom is 0.251 e. The second-order valence-electron chi connectivity index (χ2n) is 5.25. The maximum atomic E-state index is 13.8. The minimum Gasteiger partial charge on any atom is -0.350 e. The van der Waals surface area contributed by atoms with Crippen LogP contribution < -0.4 is 11.1 Å². The molecule has 1 atom stereocenters. The van der Waals surface area contributed by atoms with Gasteiger partial charge >= 0.3 is 0 Å². The minimum absolute atomic E-state index is 0.120. The fourth-order valence-electron chi connectivity index (χ4n) is 2.12. The summed E-state index contributed by atoms with van der Waals surface area (Å²) >= 11 is 0. The lowest BCUT2D eigenvalue weighted by molar-refractivity contribution is 0.0937. The monoisotopic (exact) mass is 274 g/mol. The van der Waals surface area contributed by atoms with Gasteiger partial charge in [-0.25, -0.2) is 4.39 Å². The zero-order chi connectivity index (χ0) is 14.5. The highest BCUT2D eigenvalue weighted by Crippen LogP contribution is 2.33. The first-order chi connectivity index (χ1) is 9.60. The third-order valence-corrected chi connectivity index (χ3v) is 3.32. The molecule has 1 amide bonds. The number of benzene rings is 1. The van der Waals surface area contributed by atoms with Crippen molar-refractivity contribution >= 4 is 5.91 Å². The molecule has 3 N–H and O–H groups in total. The summed E-state index contributed by atoms with van der Waals surface area (Å²) in [7, 11) is 0. The Morgan fingerprint density at radius 1 is 1.55 bits per heavy atom. The summed E-state index contributed by atoms with van der Waals surface area (Å²) in [5.41, 5.74) is 5.83. The number of halogens is 1. The zero-order valence-electron chi connectivity index (χ0n) is 11.6. The van der Waals surface area contributed by atoms with Crippen molar-refractivity contribution in [2.45, 2.75) is 32.2 Å². The minimum atomic E-state index is -0.492. The largest absolute Gasteiger partial charge is 0.350 e. The number of nitrogens with one attached hydrogen (secondary N) is 1. The van der Waals surface area contributed by atoms with Gasteiger partial charge in [-0.2, -0.15) is 0 Å². The lowest BCUT2D eigenvalue weighted by Crippen LogP contribution is -2.32. The summed E-state index contributed by atoms with van der Waals surface area (Å²) in [5.74, 6) is 5.24. The third-order valence-electron chi connectivity index (χ3n) is 3.32. The number of rotatable bonds is 4. The van der Waals surface area contributed by atoms with E-state index in [1.54, 1.807) is 6.07 Å². The van der Waals surface area contributed by atoms with Crippen LogP contribution in [0.3, 0.4) is 0 Å². The smallest absolute Gasteiger partial charge is 0.251 e. The molecule has 106 valence electrons. The predicted octanol–water partition coefficient (Wildman–Crippen LogP) is 2.05. The Labute approximate surface area is 118 Å². The van der Waals surface area contributed by atoms with E-state index < -0.39 is 5.82 Å². The predicted molar refractivity (Wildman–Crippen MR) is 76.6 cm³/mol. The molecule has 4 heteroatoms. The van der Waals surface area contributed by atoms with Crippen molar-refractivity contribution in [2.24, 2.45) is 11.7 Å². The molecule has 0 saturated heterocycles. The molecule has 3 nitrogen and oxygen atoms in total. The van der Waals surface area contributed by atoms with E-state index in [1.807, 2.05) is 6.92 Å². The molecule has 0 bridgehead atoms. The van der Waals surface area contributed by atoms with Crippen LogP contribution >= 0.6 is 0 Å². The Kier molecular flexibility index (Phi) is 4.75. The van der Waals surface area contributed by atoms with Crippen LogP contribution in [-0.2, 0) is 0 Å². The highest BCUT2D eigenvalue weighted by Gasteiger charge is 2.24. The average molecular weight is 274 g/mol. The highest BCUT2D eigenvalue weighted by atomic mass is 19.1. The highest BCUT2D eigenvalue weighted by molar-refractivity contribution is 5.94. The van der Waals surface area contributed by atoms with Gasteiger partial charge in [0.05, 0.1) is 12.1 Å². The summed E-state index contributed by atoms with van der Waals surface area (Å²) in [4.78, 5) is 12.0. The Morgan fingerprint density at radius 2 is 2.30 bits per heavy atom. The Bertz CT molecular complexity index is 555. The van der Waals surface area contributed by atoms with E-state index >= 15 is 0 Å². The van der Waals surface area contributed by atoms with Crippen LogP contribution in [0.4, 0.5) is 4.39 Å². The van der Waals surface area contributed by atoms with E-state index in [9.17, 15) is 9.18 Å². The molecule has 1 fully saturated rings. The lowest BCUT2D eigenvalue weighted by Gasteiger charge is -2.13. The normalized spacial score (nSPS) is 15.2. The maximum absolute atomic E-state index is 13.8. The van der Waals surface area contributed by atoms with E-state index in [4.69, 9.17) is 5.73 Å². The van der Waals surface area contributed by atoms with Crippen LogP contribution in [0.5, 0.6) is 0 Å². The molecule has 0 aliphatic heterocycles. The van der Waals surface area contributed by atoms with E-state index in [-0.39, 0.29) is 24.1 Å². The first kappa shape index (κ1) is 14.5. The van der Waals surface area contributed by atoms with Gasteiger partial charge in [-0.05, 0) is 37.5 Å². The molecule has 1 saturated carbocycles. The number of nitrogens with two attached hydrogens (primary N) is 1. The standard InChI is InChI=1S/C16H19FN2O/c1-11(9-12-4-5-12)19-16(20)14-7-6-13(3-2-8-18)15(17)10-14/h6-7,10-12H,4-5,8-9,18H2,1H3,(H,19,20). The number of carbonyl (C=O) groups excluding carboxylic acids is 1. The molecule has 0 aromatic heterocycles. The van der Waals surface area contributed by atoms with Crippen molar-refractivity contribution in [3.63, 3.8) is 0 Å². The van der Waals surface area contributed by atoms with E-state index in [0.29, 0.717) is 5.56 Å². The molecular formula is C16H19FN2O. The number of hydrogen-bond donors (Lipinski definition) is 2. The van der Waals surface area contributed by atoms with E-state index in [0.717, 1.165) is 12.3 Å². The molecule has 0 heterocycles. The fourth-order valence-corrected chi connectivity index (χ4v) is 2.12. The number of carbonyl (C=O) groups is 1. The fraction of sp³-hybridized carbons (Fsp3) is 0.438. The van der Waals surface area contributed by atoms with Gasteiger partial charge in [0.25, 0.3) is 5.91 Å². The van der Waals surface area contributed by atoms with E-state index in [2.05, 4.69) is 17.2 Å². The molecule has 0 spiro atoms. The molecule has 1 aromatic carbocycles. The third kappa shape index (κ3) is 4.07. The average Bonchev–Trinajstić information content (AvgIpc) is 3.20. The Morgan fingerprint density at radius 3 is 2.90 bits per heavy atom. The van der Waals surface area contributed by atoms with Crippen molar-refractivity contribution < 1.29 is 9.18 Å². The van der Waals surface area contributed by atoms with Crippen LogP contribution in [0.15, 0.2) is 18.2 Å². The molecule has 20 heavy (non-hydrogen) atoms. The van der Waals surface area contributed by atoms with Crippen LogP contribution in [0.1, 0.15) is 42.1 Å². The number of amides is 1. The molecular weight excluding hydrogens is 255 g/mol. The van der Waals surface area contributed by atoms with Crippen molar-refractivity contribution in [1.29, 1.82) is 0 Å². The molecule has 1 aliphatic rings. The topological polar surface area (TPSA) is 55.1 Å². The van der Waals surface area contributed by atoms with Gasteiger partial charge in [-0.15, -0.1) is 0 Å². The lowest BCUT2D eigenvalue weighted by atomic mass is 10.1. The van der Waals surface area contributed by atoms with Gasteiger partial charge in [-0.1, -0.05) is 24.7 Å². The summed E-state index contributed by atoms with van der Waals surface area (Å²) in [5, 5.41) is 2.90. The van der Waals surface area contributed by atoms with Gasteiger partial charge in [0, 0.05) is 11.6 Å². The summed E-state index contributed by atoms with van der Waals surface area (Å²) in [6.45, 7) is 2.16. The Balaban J connectivity index is 2.00. The zero-order valence-corrected chi connectivity index (χ0v) is 11.6. The quantitative estimate of drug-likeness (QED) is 0.826. The summed E-state index contributed by atoms with van der Waals surface area (Å²) in [6, 6.07) is 4.44. The van der Waals surface area contributed by atoms with Crippen molar-refractivity contribution in [3.8, 4) is 11.8 Å². The van der Waals surface area contributed by atoms with Crippen molar-refractivity contribution in [2.75, 3.05) is 6.54 Å². The first-order valence-electron chi connectivity index (χ1n) is 6.89. The second-order valence-corrected chi connectivity index (χ2v) is 5.25. The van der Waals surface area contributed by atoms with Crippen molar-refractivity contribution in [3.05, 3.63) is 35.1 Å². The van der Waals surface area contributed by atoms with Gasteiger partial charge in [0.2, 0.25) is 0 Å².